The average Bonchev–Trinajstić information content (AvgIpc) is 3.14. The van der Waals surface area contributed by atoms with Crippen LogP contribution in [0.3, 0.4) is 0 Å². The molecule has 2 aromatic rings. The predicted molar refractivity (Wildman–Crippen MR) is 84.2 cm³/mol. The van der Waals surface area contributed by atoms with Crippen molar-refractivity contribution in [3.8, 4) is 0 Å². The predicted octanol–water partition coefficient (Wildman–Crippen LogP) is 3.58. The van der Waals surface area contributed by atoms with Crippen LogP contribution in [0.5, 0.6) is 0 Å². The van der Waals surface area contributed by atoms with Crippen LogP contribution in [0.2, 0.25) is 0 Å². The van der Waals surface area contributed by atoms with E-state index in [1.807, 2.05) is 16.3 Å². The monoisotopic (exact) mass is 361 g/mol. The molecule has 0 unspecified atom stereocenters. The van der Waals surface area contributed by atoms with Gasteiger partial charge in [0.25, 0.3) is 5.91 Å². The van der Waals surface area contributed by atoms with Gasteiger partial charge in [0, 0.05) is 26.2 Å². The fourth-order valence-electron chi connectivity index (χ4n) is 2.41. The Hall–Kier alpha value is -1.61. The Kier molecular flexibility index (Phi) is 4.58. The van der Waals surface area contributed by atoms with E-state index in [9.17, 15) is 18.0 Å². The summed E-state index contributed by atoms with van der Waals surface area (Å²) in [6.07, 6.45) is -2.78. The van der Waals surface area contributed by atoms with Crippen LogP contribution in [0.25, 0.3) is 0 Å². The first-order chi connectivity index (χ1) is 10.9. The second-order valence-corrected chi connectivity index (χ2v) is 7.07. The molecule has 1 aliphatic heterocycles. The number of halogens is 3. The molecule has 124 valence electrons. The molecule has 0 aromatic carbocycles. The first-order valence-electron chi connectivity index (χ1n) is 7.06. The van der Waals surface area contributed by atoms with Gasteiger partial charge in [0.05, 0.1) is 11.1 Å². The van der Waals surface area contributed by atoms with E-state index in [1.165, 1.54) is 11.3 Å². The molecule has 1 amide bonds. The second-order valence-electron chi connectivity index (χ2n) is 5.11. The summed E-state index contributed by atoms with van der Waals surface area (Å²) in [5, 5.41) is 2.22. The summed E-state index contributed by atoms with van der Waals surface area (Å²) in [6.45, 7) is 2.17. The summed E-state index contributed by atoms with van der Waals surface area (Å²) < 4.78 is 38.0. The molecule has 1 fully saturated rings. The van der Waals surface area contributed by atoms with E-state index in [0.717, 1.165) is 6.20 Å². The Morgan fingerprint density at radius 2 is 2.04 bits per heavy atom. The number of thiophene rings is 1. The Balaban J connectivity index is 1.67. The molecule has 0 atom stereocenters. The van der Waals surface area contributed by atoms with Crippen molar-refractivity contribution in [1.29, 1.82) is 0 Å². The third-order valence-corrected chi connectivity index (χ3v) is 5.52. The van der Waals surface area contributed by atoms with E-state index in [1.54, 1.807) is 11.0 Å². The molecule has 0 spiro atoms. The average molecular weight is 361 g/mol. The smallest absolute Gasteiger partial charge is 0.346 e. The largest absolute Gasteiger partial charge is 0.427 e. The number of carbonyl (C=O) groups excluding carboxylic acids is 1. The Bertz CT molecular complexity index is 669. The maximum atomic E-state index is 12.7. The number of hydrogen-bond acceptors (Lipinski definition) is 5. The zero-order valence-electron chi connectivity index (χ0n) is 12.0. The highest BCUT2D eigenvalue weighted by atomic mass is 32.1. The highest BCUT2D eigenvalue weighted by molar-refractivity contribution is 7.15. The summed E-state index contributed by atoms with van der Waals surface area (Å²) >= 11 is 2.05. The lowest BCUT2D eigenvalue weighted by atomic mass is 10.3. The lowest BCUT2D eigenvalue weighted by Crippen LogP contribution is -2.34. The molecule has 23 heavy (non-hydrogen) atoms. The van der Waals surface area contributed by atoms with Crippen LogP contribution >= 0.6 is 22.7 Å². The van der Waals surface area contributed by atoms with Gasteiger partial charge in [-0.2, -0.15) is 13.2 Å². The van der Waals surface area contributed by atoms with Gasteiger partial charge in [-0.1, -0.05) is 17.4 Å². The molecule has 0 bridgehead atoms. The van der Waals surface area contributed by atoms with Gasteiger partial charge in [0.2, 0.25) is 0 Å². The van der Waals surface area contributed by atoms with E-state index in [0.29, 0.717) is 53.9 Å². The quantitative estimate of drug-likeness (QED) is 0.820. The SMILES string of the molecule is O=C(c1cccs1)N1CCCN(c2ncc(C(F)(F)F)s2)CC1. The van der Waals surface area contributed by atoms with Gasteiger partial charge >= 0.3 is 6.18 Å². The van der Waals surface area contributed by atoms with Crippen LogP contribution in [-0.2, 0) is 6.18 Å². The molecule has 0 radical (unpaired) electrons. The van der Waals surface area contributed by atoms with E-state index >= 15 is 0 Å². The maximum Gasteiger partial charge on any atom is 0.427 e. The molecule has 1 saturated heterocycles. The summed E-state index contributed by atoms with van der Waals surface area (Å²) in [6, 6.07) is 3.61. The molecule has 3 heterocycles. The number of aromatic nitrogens is 1. The van der Waals surface area contributed by atoms with Crippen molar-refractivity contribution >= 4 is 33.7 Å². The van der Waals surface area contributed by atoms with Crippen LogP contribution in [0.15, 0.2) is 23.7 Å². The second kappa shape index (κ2) is 6.48. The number of hydrogen-bond donors (Lipinski definition) is 0. The fourth-order valence-corrected chi connectivity index (χ4v) is 3.94. The first-order valence-corrected chi connectivity index (χ1v) is 8.75. The van der Waals surface area contributed by atoms with Gasteiger partial charge in [-0.3, -0.25) is 4.79 Å². The summed E-state index contributed by atoms with van der Waals surface area (Å²) in [5.41, 5.74) is 0. The zero-order chi connectivity index (χ0) is 16.4. The molecule has 1 aliphatic rings. The number of carbonyl (C=O) groups is 1. The number of alkyl halides is 3. The van der Waals surface area contributed by atoms with Gasteiger partial charge < -0.3 is 9.80 Å². The number of nitrogens with zero attached hydrogens (tertiary/aromatic N) is 3. The third-order valence-electron chi connectivity index (χ3n) is 3.56. The summed E-state index contributed by atoms with van der Waals surface area (Å²) in [5.74, 6) is -0.0167. The topological polar surface area (TPSA) is 36.4 Å². The number of thiazole rings is 1. The maximum absolute atomic E-state index is 12.7. The van der Waals surface area contributed by atoms with Crippen molar-refractivity contribution in [2.45, 2.75) is 12.6 Å². The van der Waals surface area contributed by atoms with Crippen LogP contribution in [-0.4, -0.2) is 42.0 Å². The molecule has 2 aromatic heterocycles. The summed E-state index contributed by atoms with van der Waals surface area (Å²) in [4.78, 5) is 19.8. The van der Waals surface area contributed by atoms with E-state index in [4.69, 9.17) is 0 Å². The fraction of sp³-hybridized carbons (Fsp3) is 0.429. The summed E-state index contributed by atoms with van der Waals surface area (Å²) in [7, 11) is 0. The van der Waals surface area contributed by atoms with Crippen molar-refractivity contribution in [2.24, 2.45) is 0 Å². The van der Waals surface area contributed by atoms with Gasteiger partial charge in [0.15, 0.2) is 5.13 Å². The zero-order valence-corrected chi connectivity index (χ0v) is 13.7. The minimum absolute atomic E-state index is 0.0167. The van der Waals surface area contributed by atoms with Crippen molar-refractivity contribution < 1.29 is 18.0 Å². The van der Waals surface area contributed by atoms with E-state index in [-0.39, 0.29) is 5.91 Å². The van der Waals surface area contributed by atoms with E-state index in [2.05, 4.69) is 4.98 Å². The molecule has 9 heteroatoms. The van der Waals surface area contributed by atoms with Gasteiger partial charge in [-0.25, -0.2) is 4.98 Å². The minimum atomic E-state index is -4.36. The molecular weight excluding hydrogens is 347 g/mol. The Morgan fingerprint density at radius 3 is 2.70 bits per heavy atom. The van der Waals surface area contributed by atoms with Crippen LogP contribution in [0, 0.1) is 0 Å². The molecule has 3 rings (SSSR count). The molecule has 0 saturated carbocycles. The molecule has 4 nitrogen and oxygen atoms in total. The Morgan fingerprint density at radius 1 is 1.22 bits per heavy atom. The Labute approximate surface area is 139 Å². The molecule has 0 aliphatic carbocycles. The third kappa shape index (κ3) is 3.66. The number of anilines is 1. The van der Waals surface area contributed by atoms with Crippen molar-refractivity contribution in [2.75, 3.05) is 31.1 Å². The van der Waals surface area contributed by atoms with Gasteiger partial charge in [-0.15, -0.1) is 11.3 Å². The minimum Gasteiger partial charge on any atom is -0.346 e. The van der Waals surface area contributed by atoms with Gasteiger partial charge in [-0.05, 0) is 17.9 Å². The van der Waals surface area contributed by atoms with Crippen LogP contribution < -0.4 is 4.90 Å². The standard InChI is InChI=1S/C14H14F3N3OS2/c15-14(16,17)11-9-18-13(23-11)20-5-2-4-19(6-7-20)12(21)10-3-1-8-22-10/h1,3,8-9H,2,4-7H2. The first kappa shape index (κ1) is 16.3. The van der Waals surface area contributed by atoms with Crippen LogP contribution in [0.1, 0.15) is 21.0 Å². The van der Waals surface area contributed by atoms with Crippen LogP contribution in [0.4, 0.5) is 18.3 Å². The number of rotatable bonds is 2. The lowest BCUT2D eigenvalue weighted by Gasteiger charge is -2.21. The lowest BCUT2D eigenvalue weighted by molar-refractivity contribution is -0.134. The molecular formula is C14H14F3N3OS2. The van der Waals surface area contributed by atoms with E-state index < -0.39 is 11.1 Å². The van der Waals surface area contributed by atoms with Crippen molar-refractivity contribution in [3.63, 3.8) is 0 Å². The highest BCUT2D eigenvalue weighted by Gasteiger charge is 2.34. The van der Waals surface area contributed by atoms with Crippen molar-refractivity contribution in [3.05, 3.63) is 33.5 Å². The normalized spacial score (nSPS) is 16.5. The van der Waals surface area contributed by atoms with Gasteiger partial charge in [0.1, 0.15) is 4.88 Å². The molecule has 0 N–H and O–H groups in total. The number of amides is 1. The van der Waals surface area contributed by atoms with Crippen molar-refractivity contribution in [1.82, 2.24) is 9.88 Å². The highest BCUT2D eigenvalue weighted by Crippen LogP contribution is 2.36.